The van der Waals surface area contributed by atoms with Gasteiger partial charge in [-0.25, -0.2) is 13.4 Å². The van der Waals surface area contributed by atoms with Gasteiger partial charge in [-0.05, 0) is 32.3 Å². The van der Waals surface area contributed by atoms with Crippen molar-refractivity contribution in [2.45, 2.75) is 49.4 Å². The molecular formula is C22H30N4O3S. The molecule has 162 valence electrons. The fourth-order valence-electron chi connectivity index (χ4n) is 5.08. The third-order valence-corrected chi connectivity index (χ3v) is 9.21. The lowest BCUT2D eigenvalue weighted by Crippen LogP contribution is -2.51. The molecule has 30 heavy (non-hydrogen) atoms. The van der Waals surface area contributed by atoms with E-state index in [1.807, 2.05) is 6.08 Å². The molecule has 5 aliphatic rings. The van der Waals surface area contributed by atoms with Gasteiger partial charge in [-0.15, -0.1) is 0 Å². The maximum Gasteiger partial charge on any atom is 0.155 e. The summed E-state index contributed by atoms with van der Waals surface area (Å²) in [7, 11) is -3.20. The molecule has 0 aromatic heterocycles. The lowest BCUT2D eigenvalue weighted by molar-refractivity contribution is 0.0320. The first kappa shape index (κ1) is 20.0. The van der Waals surface area contributed by atoms with Crippen molar-refractivity contribution in [3.05, 3.63) is 35.6 Å². The van der Waals surface area contributed by atoms with Crippen molar-refractivity contribution in [1.29, 1.82) is 0 Å². The van der Waals surface area contributed by atoms with Gasteiger partial charge in [-0.1, -0.05) is 18.2 Å². The Morgan fingerprint density at radius 3 is 2.90 bits per heavy atom. The van der Waals surface area contributed by atoms with E-state index >= 15 is 0 Å². The highest BCUT2D eigenvalue weighted by Crippen LogP contribution is 2.49. The van der Waals surface area contributed by atoms with Crippen LogP contribution >= 0.6 is 0 Å². The molecule has 1 saturated heterocycles. The fraction of sp³-hybridized carbons (Fsp3) is 0.636. The summed E-state index contributed by atoms with van der Waals surface area (Å²) in [6.07, 6.45) is 12.8. The molecule has 8 heteroatoms. The van der Waals surface area contributed by atoms with E-state index < -0.39 is 14.6 Å². The Labute approximate surface area is 178 Å². The van der Waals surface area contributed by atoms with E-state index in [0.29, 0.717) is 38.3 Å². The van der Waals surface area contributed by atoms with E-state index in [1.165, 1.54) is 6.26 Å². The normalized spacial score (nSPS) is 32.9. The van der Waals surface area contributed by atoms with E-state index in [0.717, 1.165) is 36.6 Å². The number of nitrogens with one attached hydrogen (secondary N) is 1. The van der Waals surface area contributed by atoms with Gasteiger partial charge >= 0.3 is 0 Å². The Morgan fingerprint density at radius 1 is 1.33 bits per heavy atom. The molecule has 3 aliphatic heterocycles. The molecule has 5 rings (SSSR count). The summed E-state index contributed by atoms with van der Waals surface area (Å²) in [4.78, 5) is 12.3. The maximum absolute atomic E-state index is 12.7. The summed E-state index contributed by atoms with van der Waals surface area (Å²) in [5, 5.41) is 3.41. The van der Waals surface area contributed by atoms with Gasteiger partial charge in [0.15, 0.2) is 15.7 Å². The number of fused-ring (bicyclic) bond motifs is 1. The van der Waals surface area contributed by atoms with Crippen molar-refractivity contribution in [2.75, 3.05) is 32.6 Å². The van der Waals surface area contributed by atoms with E-state index in [1.54, 1.807) is 0 Å². The second kappa shape index (κ2) is 7.34. The molecule has 0 aromatic carbocycles. The second-order valence-electron chi connectivity index (χ2n) is 9.08. The molecule has 7 nitrogen and oxygen atoms in total. The molecule has 0 aromatic rings. The Morgan fingerprint density at radius 2 is 2.17 bits per heavy atom. The van der Waals surface area contributed by atoms with Crippen LogP contribution in [-0.2, 0) is 14.6 Å². The zero-order valence-electron chi connectivity index (χ0n) is 17.7. The number of sulfone groups is 1. The Hall–Kier alpha value is -1.93. The van der Waals surface area contributed by atoms with Gasteiger partial charge in [0.25, 0.3) is 0 Å². The summed E-state index contributed by atoms with van der Waals surface area (Å²) >= 11 is 0. The molecule has 0 radical (unpaired) electrons. The highest BCUT2D eigenvalue weighted by Gasteiger charge is 2.59. The van der Waals surface area contributed by atoms with Crippen molar-refractivity contribution in [3.8, 4) is 0 Å². The minimum absolute atomic E-state index is 0.222. The molecule has 2 bridgehead atoms. The smallest absolute Gasteiger partial charge is 0.155 e. The molecule has 0 amide bonds. The maximum atomic E-state index is 12.7. The number of hydrogen-bond donors (Lipinski definition) is 1. The van der Waals surface area contributed by atoms with Crippen LogP contribution in [0.25, 0.3) is 0 Å². The van der Waals surface area contributed by atoms with E-state index in [4.69, 9.17) is 14.7 Å². The van der Waals surface area contributed by atoms with E-state index in [-0.39, 0.29) is 18.0 Å². The summed E-state index contributed by atoms with van der Waals surface area (Å²) in [5.41, 5.74) is 2.22. The van der Waals surface area contributed by atoms with Crippen molar-refractivity contribution in [1.82, 2.24) is 10.2 Å². The largest absolute Gasteiger partial charge is 0.385 e. The zero-order valence-corrected chi connectivity index (χ0v) is 18.5. The lowest BCUT2D eigenvalue weighted by atomic mass is 9.91. The molecule has 3 heterocycles. The van der Waals surface area contributed by atoms with Crippen LogP contribution in [0.4, 0.5) is 0 Å². The number of rotatable bonds is 3. The quantitative estimate of drug-likeness (QED) is 0.739. The van der Waals surface area contributed by atoms with Gasteiger partial charge < -0.3 is 15.0 Å². The number of amidine groups is 2. The number of hydrogen-bond acceptors (Lipinski definition) is 7. The average molecular weight is 431 g/mol. The summed E-state index contributed by atoms with van der Waals surface area (Å²) in [6.45, 7) is 5.17. The second-order valence-corrected chi connectivity index (χ2v) is 11.4. The predicted octanol–water partition coefficient (Wildman–Crippen LogP) is 1.84. The third kappa shape index (κ3) is 3.43. The van der Waals surface area contributed by atoms with Crippen molar-refractivity contribution in [3.63, 3.8) is 0 Å². The van der Waals surface area contributed by atoms with Gasteiger partial charge in [-0.3, -0.25) is 4.99 Å². The average Bonchev–Trinajstić information content (AvgIpc) is 3.54. The summed E-state index contributed by atoms with van der Waals surface area (Å²) in [6, 6.07) is -0.0531. The van der Waals surface area contributed by atoms with Gasteiger partial charge in [0.2, 0.25) is 0 Å². The highest BCUT2D eigenvalue weighted by atomic mass is 32.2. The predicted molar refractivity (Wildman–Crippen MR) is 118 cm³/mol. The first-order valence-electron chi connectivity index (χ1n) is 10.9. The Bertz CT molecular complexity index is 988. The molecule has 2 aliphatic carbocycles. The van der Waals surface area contributed by atoms with Crippen LogP contribution in [0.2, 0.25) is 0 Å². The summed E-state index contributed by atoms with van der Waals surface area (Å²) in [5.74, 6) is 1.92. The molecule has 2 fully saturated rings. The molecule has 1 saturated carbocycles. The number of aliphatic imine (C=N–C) groups is 2. The number of nitrogens with zero attached hydrogens (tertiary/aromatic N) is 3. The first-order valence-corrected chi connectivity index (χ1v) is 12.8. The van der Waals surface area contributed by atoms with Crippen LogP contribution < -0.4 is 5.32 Å². The standard InChI is InChI=1S/C22H30N4O3S/c1-15-14-29-11-10-26(15)20-13-19(22(7-8-22)30(2,27)28)24-21(25-20)18-5-3-4-17-12-16(18)6-9-23-17/h3-5,12,15-16,19,23H,6-11,13-14H2,1-2H3/t15-,16?,19?/m1/s1. The van der Waals surface area contributed by atoms with E-state index in [2.05, 4.69) is 35.4 Å². The SMILES string of the molecule is C[C@@H]1COCCN1C1=NC(C2=CC=CC3=CC2CCN3)=NC(C2(S(C)(=O)=O)CC2)C1. The van der Waals surface area contributed by atoms with Gasteiger partial charge in [0.1, 0.15) is 5.84 Å². The fourth-order valence-corrected chi connectivity index (χ4v) is 6.56. The van der Waals surface area contributed by atoms with Gasteiger partial charge in [0, 0.05) is 43.0 Å². The first-order chi connectivity index (χ1) is 14.4. The monoisotopic (exact) mass is 430 g/mol. The van der Waals surface area contributed by atoms with Crippen LogP contribution in [0.3, 0.4) is 0 Å². The van der Waals surface area contributed by atoms with Crippen LogP contribution in [0, 0.1) is 5.92 Å². The van der Waals surface area contributed by atoms with Crippen molar-refractivity contribution in [2.24, 2.45) is 15.9 Å². The molecule has 0 spiro atoms. The Kier molecular flexibility index (Phi) is 4.89. The van der Waals surface area contributed by atoms with Crippen molar-refractivity contribution < 1.29 is 13.2 Å². The molecule has 2 unspecified atom stereocenters. The van der Waals surface area contributed by atoms with Crippen molar-refractivity contribution >= 4 is 21.5 Å². The third-order valence-electron chi connectivity index (χ3n) is 7.05. The molecule has 3 atom stereocenters. The van der Waals surface area contributed by atoms with Crippen LogP contribution in [0.15, 0.2) is 45.6 Å². The van der Waals surface area contributed by atoms with Gasteiger partial charge in [-0.2, -0.15) is 0 Å². The molecular weight excluding hydrogens is 400 g/mol. The van der Waals surface area contributed by atoms with Crippen LogP contribution in [0.1, 0.15) is 32.6 Å². The lowest BCUT2D eigenvalue weighted by Gasteiger charge is -2.39. The molecule has 1 N–H and O–H groups in total. The minimum Gasteiger partial charge on any atom is -0.385 e. The topological polar surface area (TPSA) is 83.4 Å². The summed E-state index contributed by atoms with van der Waals surface area (Å²) < 4.78 is 30.3. The van der Waals surface area contributed by atoms with Gasteiger partial charge in [0.05, 0.1) is 30.0 Å². The highest BCUT2D eigenvalue weighted by molar-refractivity contribution is 7.92. The van der Waals surface area contributed by atoms with Crippen LogP contribution in [-0.4, -0.2) is 74.4 Å². The minimum atomic E-state index is -3.20. The zero-order chi connectivity index (χ0) is 20.9. The Balaban J connectivity index is 1.56. The number of morpholine rings is 1. The van der Waals surface area contributed by atoms with E-state index in [9.17, 15) is 8.42 Å². The van der Waals surface area contributed by atoms with Crippen LogP contribution in [0.5, 0.6) is 0 Å². The number of allylic oxidation sites excluding steroid dienone is 4. The number of ether oxygens (including phenoxy) is 1.